The van der Waals surface area contributed by atoms with Gasteiger partial charge in [0, 0.05) is 45.8 Å². The number of H-pyrrole nitrogens is 1. The predicted octanol–water partition coefficient (Wildman–Crippen LogP) is 6.49. The molecule has 1 aliphatic heterocycles. The van der Waals surface area contributed by atoms with Crippen molar-refractivity contribution in [3.8, 4) is 11.4 Å². The SMILES string of the molecule is CN1CCC(Nc2ccc(C(=O)Nc3cc(-c4cc5ccccc5n4Cc4ccccc4Cl)n[nH]3)cc2)CC1. The maximum atomic E-state index is 13.0. The molecule has 6 rings (SSSR count). The number of rotatable bonds is 7. The summed E-state index contributed by atoms with van der Waals surface area (Å²) in [6, 6.07) is 28.2. The van der Waals surface area contributed by atoms with Crippen molar-refractivity contribution in [1.29, 1.82) is 0 Å². The fourth-order valence-electron chi connectivity index (χ4n) is 5.21. The molecule has 0 spiro atoms. The van der Waals surface area contributed by atoms with Gasteiger partial charge in [0.25, 0.3) is 5.91 Å². The standard InChI is InChI=1S/C31H31ClN6O/c1-37-16-14-25(15-17-37)33-24-12-10-21(11-13-24)31(39)34-30-19-27(35-36-30)29-18-22-6-3-5-9-28(22)38(29)20-23-7-2-4-8-26(23)32/h2-13,18-19,25,33H,14-17,20H2,1H3,(H2,34,35,36,39). The molecule has 0 saturated carbocycles. The van der Waals surface area contributed by atoms with E-state index >= 15 is 0 Å². The highest BCUT2D eigenvalue weighted by atomic mass is 35.5. The number of carbonyl (C=O) groups is 1. The average Bonchev–Trinajstić information content (AvgIpc) is 3.56. The Hall–Kier alpha value is -4.07. The second-order valence-corrected chi connectivity index (χ2v) is 10.6. The number of fused-ring (bicyclic) bond motifs is 1. The van der Waals surface area contributed by atoms with Crippen molar-refractivity contribution in [3.63, 3.8) is 0 Å². The van der Waals surface area contributed by atoms with Crippen LogP contribution in [0.3, 0.4) is 0 Å². The number of benzene rings is 3. The van der Waals surface area contributed by atoms with E-state index in [0.717, 1.165) is 64.5 Å². The van der Waals surface area contributed by atoms with Crippen molar-refractivity contribution in [3.05, 3.63) is 101 Å². The molecular weight excluding hydrogens is 508 g/mol. The molecule has 0 bridgehead atoms. The first-order chi connectivity index (χ1) is 19.0. The third-order valence-electron chi connectivity index (χ3n) is 7.42. The van der Waals surface area contributed by atoms with Crippen LogP contribution in [0, 0.1) is 0 Å². The number of nitrogens with zero attached hydrogens (tertiary/aromatic N) is 3. The molecule has 7 nitrogen and oxygen atoms in total. The van der Waals surface area contributed by atoms with Crippen LogP contribution >= 0.6 is 11.6 Å². The highest BCUT2D eigenvalue weighted by Gasteiger charge is 2.18. The number of halogens is 1. The summed E-state index contributed by atoms with van der Waals surface area (Å²) in [5.41, 5.74) is 5.43. The van der Waals surface area contributed by atoms with Gasteiger partial charge in [0.2, 0.25) is 0 Å². The minimum atomic E-state index is -0.187. The van der Waals surface area contributed by atoms with E-state index in [4.69, 9.17) is 11.6 Å². The molecule has 2 aromatic heterocycles. The molecule has 1 aliphatic rings. The Kier molecular flexibility index (Phi) is 7.09. The van der Waals surface area contributed by atoms with Crippen LogP contribution in [0.5, 0.6) is 0 Å². The van der Waals surface area contributed by atoms with Crippen LogP contribution < -0.4 is 10.6 Å². The van der Waals surface area contributed by atoms with Crippen LogP contribution in [0.1, 0.15) is 28.8 Å². The minimum Gasteiger partial charge on any atom is -0.382 e. The largest absolute Gasteiger partial charge is 0.382 e. The molecule has 8 heteroatoms. The molecule has 5 aromatic rings. The lowest BCUT2D eigenvalue weighted by Crippen LogP contribution is -2.36. The third-order valence-corrected chi connectivity index (χ3v) is 7.79. The first-order valence-corrected chi connectivity index (χ1v) is 13.7. The predicted molar refractivity (Wildman–Crippen MR) is 159 cm³/mol. The molecule has 198 valence electrons. The van der Waals surface area contributed by atoms with Gasteiger partial charge in [0.05, 0.1) is 5.69 Å². The van der Waals surface area contributed by atoms with Crippen LogP contribution in [-0.2, 0) is 6.54 Å². The molecule has 0 atom stereocenters. The van der Waals surface area contributed by atoms with E-state index in [9.17, 15) is 4.79 Å². The lowest BCUT2D eigenvalue weighted by Gasteiger charge is -2.30. The van der Waals surface area contributed by atoms with Gasteiger partial charge >= 0.3 is 0 Å². The van der Waals surface area contributed by atoms with Gasteiger partial charge in [-0.1, -0.05) is 48.0 Å². The van der Waals surface area contributed by atoms with Crippen molar-refractivity contribution >= 4 is 39.9 Å². The van der Waals surface area contributed by atoms with Gasteiger partial charge in [-0.3, -0.25) is 9.89 Å². The first kappa shape index (κ1) is 25.2. The number of aromatic amines is 1. The summed E-state index contributed by atoms with van der Waals surface area (Å²) in [7, 11) is 2.16. The number of aromatic nitrogens is 3. The maximum Gasteiger partial charge on any atom is 0.256 e. The number of anilines is 2. The fourth-order valence-corrected chi connectivity index (χ4v) is 5.40. The second-order valence-electron chi connectivity index (χ2n) is 10.2. The summed E-state index contributed by atoms with van der Waals surface area (Å²) in [6.45, 7) is 2.81. The van der Waals surface area contributed by atoms with Gasteiger partial charge in [-0.25, -0.2) is 0 Å². The van der Waals surface area contributed by atoms with Crippen LogP contribution in [-0.4, -0.2) is 51.8 Å². The summed E-state index contributed by atoms with van der Waals surface area (Å²) in [5.74, 6) is 0.353. The van der Waals surface area contributed by atoms with E-state index in [-0.39, 0.29) is 5.91 Å². The molecule has 3 aromatic carbocycles. The Morgan fingerprint density at radius 2 is 1.74 bits per heavy atom. The molecule has 0 aliphatic carbocycles. The Balaban J connectivity index is 1.18. The highest BCUT2D eigenvalue weighted by molar-refractivity contribution is 6.31. The summed E-state index contributed by atoms with van der Waals surface area (Å²) in [4.78, 5) is 15.3. The zero-order chi connectivity index (χ0) is 26.8. The number of likely N-dealkylation sites (tertiary alicyclic amines) is 1. The quantitative estimate of drug-likeness (QED) is 0.221. The molecule has 39 heavy (non-hydrogen) atoms. The van der Waals surface area contributed by atoms with Crippen molar-refractivity contribution in [2.24, 2.45) is 0 Å². The Morgan fingerprint density at radius 1 is 1.00 bits per heavy atom. The van der Waals surface area contributed by atoms with Gasteiger partial charge in [0.15, 0.2) is 0 Å². The van der Waals surface area contributed by atoms with E-state index in [2.05, 4.69) is 55.5 Å². The highest BCUT2D eigenvalue weighted by Crippen LogP contribution is 2.30. The molecule has 3 heterocycles. The maximum absolute atomic E-state index is 13.0. The zero-order valence-corrected chi connectivity index (χ0v) is 22.6. The summed E-state index contributed by atoms with van der Waals surface area (Å²) >= 11 is 6.49. The molecular formula is C31H31ClN6O. The Morgan fingerprint density at radius 3 is 2.54 bits per heavy atom. The number of hydrogen-bond acceptors (Lipinski definition) is 4. The number of hydrogen-bond donors (Lipinski definition) is 3. The number of carbonyl (C=O) groups excluding carboxylic acids is 1. The van der Waals surface area contributed by atoms with Crippen LogP contribution in [0.4, 0.5) is 11.5 Å². The lowest BCUT2D eigenvalue weighted by atomic mass is 10.0. The minimum absolute atomic E-state index is 0.187. The number of nitrogens with one attached hydrogen (secondary N) is 3. The van der Waals surface area contributed by atoms with E-state index in [1.807, 2.05) is 66.7 Å². The topological polar surface area (TPSA) is 78.0 Å². The number of amides is 1. The van der Waals surface area contributed by atoms with E-state index < -0.39 is 0 Å². The van der Waals surface area contributed by atoms with Crippen molar-refractivity contribution in [2.75, 3.05) is 30.8 Å². The fraction of sp³-hybridized carbons (Fsp3) is 0.226. The molecule has 1 amide bonds. The van der Waals surface area contributed by atoms with E-state index in [1.165, 1.54) is 0 Å². The smallest absolute Gasteiger partial charge is 0.256 e. The van der Waals surface area contributed by atoms with E-state index in [1.54, 1.807) is 0 Å². The van der Waals surface area contributed by atoms with Gasteiger partial charge in [-0.15, -0.1) is 0 Å². The van der Waals surface area contributed by atoms with Gasteiger partial charge in [-0.05, 0) is 81.0 Å². The van der Waals surface area contributed by atoms with Gasteiger partial charge in [0.1, 0.15) is 11.5 Å². The Bertz CT molecular complexity index is 1600. The Labute approximate surface area is 232 Å². The first-order valence-electron chi connectivity index (χ1n) is 13.3. The summed E-state index contributed by atoms with van der Waals surface area (Å²) in [5, 5.41) is 15.9. The molecule has 0 radical (unpaired) electrons. The summed E-state index contributed by atoms with van der Waals surface area (Å²) < 4.78 is 2.20. The van der Waals surface area contributed by atoms with Gasteiger partial charge in [-0.2, -0.15) is 5.10 Å². The van der Waals surface area contributed by atoms with Gasteiger partial charge < -0.3 is 20.1 Å². The van der Waals surface area contributed by atoms with Crippen molar-refractivity contribution in [1.82, 2.24) is 19.7 Å². The summed E-state index contributed by atoms with van der Waals surface area (Å²) in [6.07, 6.45) is 2.25. The second kappa shape index (κ2) is 11.0. The van der Waals surface area contributed by atoms with Crippen LogP contribution in [0.2, 0.25) is 5.02 Å². The lowest BCUT2D eigenvalue weighted by molar-refractivity contribution is 0.102. The van der Waals surface area contributed by atoms with Crippen molar-refractivity contribution < 1.29 is 4.79 Å². The monoisotopic (exact) mass is 538 g/mol. The third kappa shape index (κ3) is 5.55. The molecule has 0 unspecified atom stereocenters. The van der Waals surface area contributed by atoms with E-state index in [0.29, 0.717) is 24.0 Å². The van der Waals surface area contributed by atoms with Crippen LogP contribution in [0.25, 0.3) is 22.3 Å². The van der Waals surface area contributed by atoms with Crippen LogP contribution in [0.15, 0.2) is 84.9 Å². The van der Waals surface area contributed by atoms with Crippen molar-refractivity contribution in [2.45, 2.75) is 25.4 Å². The zero-order valence-electron chi connectivity index (χ0n) is 21.8. The number of piperidine rings is 1. The molecule has 1 fully saturated rings. The average molecular weight is 539 g/mol. The normalized spacial score (nSPS) is 14.5. The number of para-hydroxylation sites is 1. The molecule has 3 N–H and O–H groups in total. The molecule has 1 saturated heterocycles.